The molecule has 2 aromatic carbocycles. The van der Waals surface area contributed by atoms with Crippen molar-refractivity contribution >= 4 is 16.7 Å². The maximum absolute atomic E-state index is 4.98. The van der Waals surface area contributed by atoms with E-state index in [4.69, 9.17) is 9.97 Å². The summed E-state index contributed by atoms with van der Waals surface area (Å²) in [6, 6.07) is 16.8. The van der Waals surface area contributed by atoms with Gasteiger partial charge in [0.05, 0.1) is 38.2 Å². The van der Waals surface area contributed by atoms with Crippen LogP contribution in [0, 0.1) is 6.92 Å². The lowest BCUT2D eigenvalue weighted by atomic mass is 10.1. The fourth-order valence-corrected chi connectivity index (χ4v) is 3.52. The van der Waals surface area contributed by atoms with Crippen molar-refractivity contribution in [3.05, 3.63) is 54.1 Å². The lowest BCUT2D eigenvalue weighted by Crippen LogP contribution is -3.14. The quantitative estimate of drug-likeness (QED) is 0.799. The molecule has 0 aliphatic carbocycles. The Morgan fingerprint density at radius 3 is 2.40 bits per heavy atom. The van der Waals surface area contributed by atoms with E-state index in [1.54, 1.807) is 4.90 Å². The molecule has 1 fully saturated rings. The van der Waals surface area contributed by atoms with Gasteiger partial charge in [-0.2, -0.15) is 0 Å². The van der Waals surface area contributed by atoms with Gasteiger partial charge in [0.2, 0.25) is 0 Å². The predicted octanol–water partition coefficient (Wildman–Crippen LogP) is 2.33. The number of rotatable bonds is 3. The van der Waals surface area contributed by atoms with E-state index in [0.29, 0.717) is 0 Å². The van der Waals surface area contributed by atoms with Crippen molar-refractivity contribution in [1.82, 2.24) is 9.97 Å². The molecule has 1 aliphatic rings. The summed E-state index contributed by atoms with van der Waals surface area (Å²) in [6.45, 7) is 10.0. The van der Waals surface area contributed by atoms with Crippen LogP contribution in [0.5, 0.6) is 0 Å². The van der Waals surface area contributed by atoms with Crippen LogP contribution in [0.3, 0.4) is 0 Å². The van der Waals surface area contributed by atoms with Gasteiger partial charge in [-0.3, -0.25) is 0 Å². The molecule has 4 rings (SSSR count). The van der Waals surface area contributed by atoms with Crippen molar-refractivity contribution in [2.75, 3.05) is 37.6 Å². The second kappa shape index (κ2) is 6.81. The molecule has 3 aromatic rings. The number of para-hydroxylation sites is 1. The zero-order chi connectivity index (χ0) is 17.2. The molecule has 4 heteroatoms. The first-order valence-corrected chi connectivity index (χ1v) is 9.17. The van der Waals surface area contributed by atoms with Gasteiger partial charge in [-0.25, -0.2) is 9.97 Å². The smallest absolute Gasteiger partial charge is 0.162 e. The molecule has 0 radical (unpaired) electrons. The van der Waals surface area contributed by atoms with Crippen molar-refractivity contribution in [2.45, 2.75) is 13.8 Å². The van der Waals surface area contributed by atoms with Crippen molar-refractivity contribution in [1.29, 1.82) is 0 Å². The van der Waals surface area contributed by atoms with Crippen LogP contribution in [0.15, 0.2) is 48.5 Å². The number of hydrogen-bond acceptors (Lipinski definition) is 3. The van der Waals surface area contributed by atoms with E-state index < -0.39 is 0 Å². The van der Waals surface area contributed by atoms with E-state index in [2.05, 4.69) is 67.3 Å². The number of nitrogens with zero attached hydrogens (tertiary/aromatic N) is 3. The molecule has 0 unspecified atom stereocenters. The maximum atomic E-state index is 4.98. The molecule has 1 saturated heterocycles. The average molecular weight is 333 g/mol. The third-order valence-corrected chi connectivity index (χ3v) is 5.16. The van der Waals surface area contributed by atoms with Gasteiger partial charge in [-0.1, -0.05) is 42.0 Å². The molecule has 2 heterocycles. The van der Waals surface area contributed by atoms with Gasteiger partial charge in [-0.05, 0) is 26.0 Å². The van der Waals surface area contributed by atoms with Gasteiger partial charge < -0.3 is 9.80 Å². The minimum Gasteiger partial charge on any atom is -0.345 e. The molecular formula is C21H25N4+. The van der Waals surface area contributed by atoms with Crippen LogP contribution >= 0.6 is 0 Å². The first kappa shape index (κ1) is 16.0. The van der Waals surface area contributed by atoms with Gasteiger partial charge >= 0.3 is 0 Å². The van der Waals surface area contributed by atoms with Crippen LogP contribution < -0.4 is 9.80 Å². The summed E-state index contributed by atoms with van der Waals surface area (Å²) in [7, 11) is 0. The largest absolute Gasteiger partial charge is 0.345 e. The summed E-state index contributed by atoms with van der Waals surface area (Å²) in [6.07, 6.45) is 0. The zero-order valence-electron chi connectivity index (χ0n) is 15.0. The number of aromatic nitrogens is 2. The zero-order valence-corrected chi connectivity index (χ0v) is 15.0. The Hall–Kier alpha value is -2.46. The highest BCUT2D eigenvalue weighted by Crippen LogP contribution is 2.27. The summed E-state index contributed by atoms with van der Waals surface area (Å²) in [5.41, 5.74) is 3.35. The van der Waals surface area contributed by atoms with Gasteiger partial charge in [0, 0.05) is 10.9 Å². The molecule has 25 heavy (non-hydrogen) atoms. The summed E-state index contributed by atoms with van der Waals surface area (Å²) in [5, 5.41) is 1.15. The number of likely N-dealkylation sites (N-methyl/N-ethyl adjacent to an activating group) is 1. The Balaban J connectivity index is 1.78. The van der Waals surface area contributed by atoms with Crippen LogP contribution in [-0.2, 0) is 0 Å². The Bertz CT molecular complexity index is 865. The van der Waals surface area contributed by atoms with E-state index in [1.807, 2.05) is 0 Å². The Kier molecular flexibility index (Phi) is 4.36. The molecule has 0 saturated carbocycles. The fourth-order valence-electron chi connectivity index (χ4n) is 3.52. The SMILES string of the molecule is CC[NH+]1CCN(c2nc(-c3ccc(C)cc3)nc3ccccc23)CC1. The molecule has 0 spiro atoms. The van der Waals surface area contributed by atoms with E-state index in [-0.39, 0.29) is 0 Å². The third-order valence-electron chi connectivity index (χ3n) is 5.16. The highest BCUT2D eigenvalue weighted by atomic mass is 15.3. The van der Waals surface area contributed by atoms with Crippen molar-refractivity contribution in [2.24, 2.45) is 0 Å². The molecule has 1 aromatic heterocycles. The van der Waals surface area contributed by atoms with Crippen LogP contribution in [-0.4, -0.2) is 42.7 Å². The Labute approximate surface area is 149 Å². The molecule has 1 aliphatic heterocycles. The number of nitrogens with one attached hydrogen (secondary N) is 1. The number of fused-ring (bicyclic) bond motifs is 1. The van der Waals surface area contributed by atoms with Crippen LogP contribution in [0.1, 0.15) is 12.5 Å². The van der Waals surface area contributed by atoms with Crippen molar-refractivity contribution < 1.29 is 4.90 Å². The van der Waals surface area contributed by atoms with Crippen molar-refractivity contribution in [3.8, 4) is 11.4 Å². The van der Waals surface area contributed by atoms with E-state index in [0.717, 1.165) is 41.2 Å². The Morgan fingerprint density at radius 2 is 1.68 bits per heavy atom. The molecule has 0 amide bonds. The number of piperazine rings is 1. The van der Waals surface area contributed by atoms with E-state index in [1.165, 1.54) is 25.2 Å². The summed E-state index contributed by atoms with van der Waals surface area (Å²) in [5.74, 6) is 1.90. The lowest BCUT2D eigenvalue weighted by molar-refractivity contribution is -0.898. The Morgan fingerprint density at radius 1 is 0.960 bits per heavy atom. The molecule has 128 valence electrons. The van der Waals surface area contributed by atoms with Crippen LogP contribution in [0.2, 0.25) is 0 Å². The minimum atomic E-state index is 0.818. The maximum Gasteiger partial charge on any atom is 0.162 e. The first-order valence-electron chi connectivity index (χ1n) is 9.17. The molecule has 4 nitrogen and oxygen atoms in total. The molecule has 1 N–H and O–H groups in total. The number of quaternary nitrogens is 1. The highest BCUT2D eigenvalue weighted by molar-refractivity contribution is 5.91. The topological polar surface area (TPSA) is 33.5 Å². The van der Waals surface area contributed by atoms with E-state index >= 15 is 0 Å². The highest BCUT2D eigenvalue weighted by Gasteiger charge is 2.22. The monoisotopic (exact) mass is 333 g/mol. The number of hydrogen-bond donors (Lipinski definition) is 1. The van der Waals surface area contributed by atoms with Crippen LogP contribution in [0.4, 0.5) is 5.82 Å². The number of benzene rings is 2. The van der Waals surface area contributed by atoms with Gasteiger partial charge in [0.1, 0.15) is 5.82 Å². The summed E-state index contributed by atoms with van der Waals surface area (Å²) in [4.78, 5) is 13.9. The molecule has 0 bridgehead atoms. The number of aryl methyl sites for hydroxylation is 1. The van der Waals surface area contributed by atoms with Gasteiger partial charge in [0.15, 0.2) is 5.82 Å². The second-order valence-corrected chi connectivity index (χ2v) is 6.84. The van der Waals surface area contributed by atoms with Gasteiger partial charge in [-0.15, -0.1) is 0 Å². The fraction of sp³-hybridized carbons (Fsp3) is 0.333. The third kappa shape index (κ3) is 3.22. The summed E-state index contributed by atoms with van der Waals surface area (Å²) >= 11 is 0. The molecule has 0 atom stereocenters. The van der Waals surface area contributed by atoms with Gasteiger partial charge in [0.25, 0.3) is 0 Å². The average Bonchev–Trinajstić information content (AvgIpc) is 2.68. The normalized spacial score (nSPS) is 15.7. The summed E-state index contributed by atoms with van der Waals surface area (Å²) < 4.78 is 0. The van der Waals surface area contributed by atoms with Crippen molar-refractivity contribution in [3.63, 3.8) is 0 Å². The minimum absolute atomic E-state index is 0.818. The van der Waals surface area contributed by atoms with Crippen LogP contribution in [0.25, 0.3) is 22.3 Å². The predicted molar refractivity (Wildman–Crippen MR) is 103 cm³/mol. The van der Waals surface area contributed by atoms with E-state index in [9.17, 15) is 0 Å². The lowest BCUT2D eigenvalue weighted by Gasteiger charge is -2.33. The first-order chi connectivity index (χ1) is 12.2. The second-order valence-electron chi connectivity index (χ2n) is 6.84. The molecular weight excluding hydrogens is 308 g/mol. The standard InChI is InChI=1S/C21H24N4/c1-3-24-12-14-25(15-13-24)21-18-6-4-5-7-19(18)22-20(23-21)17-10-8-16(2)9-11-17/h4-11H,3,12-15H2,1-2H3/p+1. The number of anilines is 1.